The highest BCUT2D eigenvalue weighted by Crippen LogP contribution is 2.39. The van der Waals surface area contributed by atoms with Gasteiger partial charge in [0.15, 0.2) is 0 Å². The number of carbonyl (C=O) groups is 1. The summed E-state index contributed by atoms with van der Waals surface area (Å²) in [7, 11) is 1.99. The Bertz CT molecular complexity index is 607. The lowest BCUT2D eigenvalue weighted by atomic mass is 10.0. The molecule has 2 fully saturated rings. The van der Waals surface area contributed by atoms with E-state index < -0.39 is 0 Å². The largest absolute Gasteiger partial charge is 0.356 e. The number of anilines is 1. The van der Waals surface area contributed by atoms with Crippen molar-refractivity contribution < 1.29 is 4.79 Å². The van der Waals surface area contributed by atoms with E-state index in [1.165, 1.54) is 0 Å². The van der Waals surface area contributed by atoms with Crippen molar-refractivity contribution >= 4 is 11.7 Å². The Balaban J connectivity index is 1.62. The molecular weight excluding hydrogens is 300 g/mol. The van der Waals surface area contributed by atoms with Gasteiger partial charge in [-0.15, -0.1) is 0 Å². The van der Waals surface area contributed by atoms with Gasteiger partial charge in [0.25, 0.3) is 0 Å². The Morgan fingerprint density at radius 1 is 1.29 bits per heavy atom. The van der Waals surface area contributed by atoms with Crippen LogP contribution in [0.3, 0.4) is 0 Å². The minimum Gasteiger partial charge on any atom is -0.356 e. The zero-order valence-electron chi connectivity index (χ0n) is 15.6. The third-order valence-electron chi connectivity index (χ3n) is 5.48. The second kappa shape index (κ2) is 6.69. The van der Waals surface area contributed by atoms with Crippen molar-refractivity contribution in [1.29, 1.82) is 0 Å². The topological polar surface area (TPSA) is 49.3 Å². The molecule has 1 aliphatic heterocycles. The van der Waals surface area contributed by atoms with Gasteiger partial charge in [-0.1, -0.05) is 20.8 Å². The van der Waals surface area contributed by atoms with Gasteiger partial charge in [0.1, 0.15) is 11.6 Å². The van der Waals surface area contributed by atoms with Crippen molar-refractivity contribution in [3.8, 4) is 0 Å². The molecule has 3 rings (SSSR count). The molecule has 1 saturated heterocycles. The van der Waals surface area contributed by atoms with E-state index in [4.69, 9.17) is 4.98 Å². The van der Waals surface area contributed by atoms with Gasteiger partial charge in [0.2, 0.25) is 5.91 Å². The summed E-state index contributed by atoms with van der Waals surface area (Å²) in [6, 6.07) is 2.45. The van der Waals surface area contributed by atoms with Crippen molar-refractivity contribution in [3.05, 3.63) is 17.6 Å². The van der Waals surface area contributed by atoms with Gasteiger partial charge in [-0.05, 0) is 32.1 Å². The Morgan fingerprint density at radius 3 is 2.46 bits per heavy atom. The molecule has 0 radical (unpaired) electrons. The molecule has 5 heteroatoms. The molecule has 0 spiro atoms. The lowest BCUT2D eigenvalue weighted by Crippen LogP contribution is -2.46. The second-order valence-corrected chi connectivity index (χ2v) is 7.87. The van der Waals surface area contributed by atoms with Gasteiger partial charge in [0, 0.05) is 49.8 Å². The van der Waals surface area contributed by atoms with Crippen LogP contribution in [-0.2, 0) is 4.79 Å². The fourth-order valence-electron chi connectivity index (χ4n) is 3.58. The van der Waals surface area contributed by atoms with E-state index in [2.05, 4.69) is 36.7 Å². The first-order valence-corrected chi connectivity index (χ1v) is 9.24. The standard InChI is InChI=1S/C19H30N4O/c1-12(2)18-20-14(4)11-17(21-18)23-8-6-15(7-9-23)22(5)19(24)16-10-13(16)3/h11-13,15-16H,6-10H2,1-5H3. The maximum Gasteiger partial charge on any atom is 0.225 e. The molecule has 0 bridgehead atoms. The van der Waals surface area contributed by atoms with Crippen molar-refractivity contribution in [2.75, 3.05) is 25.0 Å². The first-order chi connectivity index (χ1) is 11.4. The van der Waals surface area contributed by atoms with E-state index in [1.54, 1.807) is 0 Å². The minimum atomic E-state index is 0.283. The van der Waals surface area contributed by atoms with Crippen molar-refractivity contribution in [2.24, 2.45) is 11.8 Å². The van der Waals surface area contributed by atoms with Crippen molar-refractivity contribution in [1.82, 2.24) is 14.9 Å². The third kappa shape index (κ3) is 3.55. The molecule has 2 heterocycles. The second-order valence-electron chi connectivity index (χ2n) is 7.87. The summed E-state index contributed by atoms with van der Waals surface area (Å²) in [6.45, 7) is 10.4. The molecule has 1 saturated carbocycles. The summed E-state index contributed by atoms with van der Waals surface area (Å²) in [4.78, 5) is 26.1. The minimum absolute atomic E-state index is 0.283. The van der Waals surface area contributed by atoms with E-state index in [1.807, 2.05) is 18.9 Å². The smallest absolute Gasteiger partial charge is 0.225 e. The molecule has 1 aromatic heterocycles. The van der Waals surface area contributed by atoms with Crippen LogP contribution >= 0.6 is 0 Å². The number of nitrogens with zero attached hydrogens (tertiary/aromatic N) is 4. The predicted octanol–water partition coefficient (Wildman–Crippen LogP) is 2.99. The highest BCUT2D eigenvalue weighted by molar-refractivity contribution is 5.81. The zero-order chi connectivity index (χ0) is 17.4. The van der Waals surface area contributed by atoms with Crippen LogP contribution in [0.4, 0.5) is 5.82 Å². The van der Waals surface area contributed by atoms with E-state index in [0.29, 0.717) is 23.8 Å². The monoisotopic (exact) mass is 330 g/mol. The molecular formula is C19H30N4O. The van der Waals surface area contributed by atoms with Crippen LogP contribution in [0, 0.1) is 18.8 Å². The molecule has 132 valence electrons. The van der Waals surface area contributed by atoms with E-state index in [-0.39, 0.29) is 5.92 Å². The molecule has 2 atom stereocenters. The van der Waals surface area contributed by atoms with Crippen molar-refractivity contribution in [3.63, 3.8) is 0 Å². The summed E-state index contributed by atoms with van der Waals surface area (Å²) in [6.07, 6.45) is 3.10. The number of hydrogen-bond donors (Lipinski definition) is 0. The van der Waals surface area contributed by atoms with Crippen LogP contribution in [0.25, 0.3) is 0 Å². The summed E-state index contributed by atoms with van der Waals surface area (Å²) in [5.74, 6) is 3.51. The van der Waals surface area contributed by atoms with Gasteiger partial charge in [-0.25, -0.2) is 9.97 Å². The molecule has 2 aliphatic rings. The average Bonchev–Trinajstić information content (AvgIpc) is 3.30. The summed E-state index contributed by atoms with van der Waals surface area (Å²) in [5, 5.41) is 0. The Morgan fingerprint density at radius 2 is 1.92 bits per heavy atom. The highest BCUT2D eigenvalue weighted by atomic mass is 16.2. The number of rotatable bonds is 4. The molecule has 5 nitrogen and oxygen atoms in total. The van der Waals surface area contributed by atoms with Gasteiger partial charge in [0.05, 0.1) is 0 Å². The van der Waals surface area contributed by atoms with Crippen LogP contribution in [0.5, 0.6) is 0 Å². The normalized spacial score (nSPS) is 24.3. The lowest BCUT2D eigenvalue weighted by molar-refractivity contribution is -0.134. The number of amides is 1. The van der Waals surface area contributed by atoms with Gasteiger partial charge >= 0.3 is 0 Å². The number of hydrogen-bond acceptors (Lipinski definition) is 4. The number of aryl methyl sites for hydroxylation is 1. The van der Waals surface area contributed by atoms with Crippen LogP contribution in [0.15, 0.2) is 6.07 Å². The molecule has 0 aromatic carbocycles. The van der Waals surface area contributed by atoms with Crippen molar-refractivity contribution in [2.45, 2.75) is 58.9 Å². The SMILES string of the molecule is Cc1cc(N2CCC(N(C)C(=O)C3CC3C)CC2)nc(C(C)C)n1. The lowest BCUT2D eigenvalue weighted by Gasteiger charge is -2.37. The fourth-order valence-corrected chi connectivity index (χ4v) is 3.58. The Hall–Kier alpha value is -1.65. The molecule has 1 aliphatic carbocycles. The van der Waals surface area contributed by atoms with Crippen LogP contribution in [-0.4, -0.2) is 47.0 Å². The van der Waals surface area contributed by atoms with Gasteiger partial charge < -0.3 is 9.80 Å². The van der Waals surface area contributed by atoms with E-state index >= 15 is 0 Å². The Labute approximate surface area is 145 Å². The first kappa shape index (κ1) is 17.2. The van der Waals surface area contributed by atoms with Gasteiger partial charge in [-0.3, -0.25) is 4.79 Å². The third-order valence-corrected chi connectivity index (χ3v) is 5.48. The van der Waals surface area contributed by atoms with E-state index in [0.717, 1.165) is 49.7 Å². The van der Waals surface area contributed by atoms with Gasteiger partial charge in [-0.2, -0.15) is 0 Å². The molecule has 0 N–H and O–H groups in total. The fraction of sp³-hybridized carbons (Fsp3) is 0.737. The molecule has 24 heavy (non-hydrogen) atoms. The van der Waals surface area contributed by atoms with E-state index in [9.17, 15) is 4.79 Å². The summed E-state index contributed by atoms with van der Waals surface area (Å²) >= 11 is 0. The Kier molecular flexibility index (Phi) is 4.79. The number of carbonyl (C=O) groups excluding carboxylic acids is 1. The average molecular weight is 330 g/mol. The first-order valence-electron chi connectivity index (χ1n) is 9.24. The quantitative estimate of drug-likeness (QED) is 0.851. The molecule has 1 amide bonds. The molecule has 1 aromatic rings. The zero-order valence-corrected chi connectivity index (χ0v) is 15.6. The predicted molar refractivity (Wildman–Crippen MR) is 96.1 cm³/mol. The maximum absolute atomic E-state index is 12.4. The number of piperidine rings is 1. The van der Waals surface area contributed by atoms with Crippen LogP contribution < -0.4 is 4.90 Å². The highest BCUT2D eigenvalue weighted by Gasteiger charge is 2.42. The van der Waals surface area contributed by atoms with Crippen LogP contribution in [0.1, 0.15) is 57.5 Å². The summed E-state index contributed by atoms with van der Waals surface area (Å²) in [5.41, 5.74) is 1.03. The maximum atomic E-state index is 12.4. The summed E-state index contributed by atoms with van der Waals surface area (Å²) < 4.78 is 0. The molecule has 2 unspecified atom stereocenters. The number of aromatic nitrogens is 2. The van der Waals surface area contributed by atoms with Crippen LogP contribution in [0.2, 0.25) is 0 Å².